The molecule has 1 N–H and O–H groups in total. The second-order valence-electron chi connectivity index (χ2n) is 7.08. The number of carbonyl (C=O) groups is 2. The van der Waals surface area contributed by atoms with E-state index in [-0.39, 0.29) is 17.2 Å². The van der Waals surface area contributed by atoms with Crippen molar-refractivity contribution in [2.75, 3.05) is 13.1 Å². The Morgan fingerprint density at radius 2 is 2.08 bits per heavy atom. The molecule has 4 rings (SSSR count). The number of hydrogen-bond acceptors (Lipinski definition) is 4. The maximum absolute atomic E-state index is 12.8. The first-order valence-electron chi connectivity index (χ1n) is 8.53. The van der Waals surface area contributed by atoms with E-state index in [4.69, 9.17) is 0 Å². The molecule has 1 saturated heterocycles. The van der Waals surface area contributed by atoms with Crippen LogP contribution in [0, 0.1) is 18.3 Å². The van der Waals surface area contributed by atoms with Crippen LogP contribution in [0.1, 0.15) is 34.6 Å². The highest BCUT2D eigenvalue weighted by molar-refractivity contribution is 7.09. The van der Waals surface area contributed by atoms with Crippen LogP contribution in [0.5, 0.6) is 0 Å². The number of aromatic nitrogens is 1. The van der Waals surface area contributed by atoms with Crippen molar-refractivity contribution in [3.63, 3.8) is 0 Å². The lowest BCUT2D eigenvalue weighted by Crippen LogP contribution is -2.40. The first-order chi connectivity index (χ1) is 12.0. The molecule has 1 aromatic carbocycles. The van der Waals surface area contributed by atoms with E-state index in [0.29, 0.717) is 18.7 Å². The summed E-state index contributed by atoms with van der Waals surface area (Å²) in [7, 11) is 0. The van der Waals surface area contributed by atoms with Crippen molar-refractivity contribution in [2.45, 2.75) is 26.2 Å². The minimum Gasteiger partial charge on any atom is -0.481 e. The number of hydrogen-bond donors (Lipinski definition) is 1. The molecule has 2 fully saturated rings. The zero-order valence-corrected chi connectivity index (χ0v) is 14.9. The molecule has 1 spiro atoms. The van der Waals surface area contributed by atoms with Crippen molar-refractivity contribution in [3.05, 3.63) is 40.2 Å². The Labute approximate surface area is 150 Å². The highest BCUT2D eigenvalue weighted by Gasteiger charge is 2.59. The fraction of sp³-hybridized carbons (Fsp3) is 0.421. The molecule has 2 aromatic rings. The third-order valence-corrected chi connectivity index (χ3v) is 6.33. The van der Waals surface area contributed by atoms with Gasteiger partial charge in [-0.25, -0.2) is 4.98 Å². The lowest BCUT2D eigenvalue weighted by molar-refractivity contribution is -0.139. The molecule has 1 atom stereocenters. The minimum absolute atomic E-state index is 0.0242. The molecular formula is C19H20N2O3S. The predicted octanol–water partition coefficient (Wildman–Crippen LogP) is 3.45. The van der Waals surface area contributed by atoms with Crippen molar-refractivity contribution in [2.24, 2.45) is 11.3 Å². The first kappa shape index (κ1) is 16.3. The Bertz CT molecular complexity index is 837. The molecule has 0 bridgehead atoms. The number of aliphatic carboxylic acids is 1. The van der Waals surface area contributed by atoms with Crippen molar-refractivity contribution < 1.29 is 14.7 Å². The van der Waals surface area contributed by atoms with Gasteiger partial charge in [-0.1, -0.05) is 12.1 Å². The molecule has 5 nitrogen and oxygen atoms in total. The van der Waals surface area contributed by atoms with E-state index in [1.165, 1.54) is 0 Å². The van der Waals surface area contributed by atoms with Gasteiger partial charge in [0.05, 0.1) is 16.6 Å². The summed E-state index contributed by atoms with van der Waals surface area (Å²) in [5.74, 6) is -0.872. The largest absolute Gasteiger partial charge is 0.481 e. The summed E-state index contributed by atoms with van der Waals surface area (Å²) in [4.78, 5) is 30.3. The fourth-order valence-electron chi connectivity index (χ4n) is 3.89. The van der Waals surface area contributed by atoms with E-state index >= 15 is 0 Å². The van der Waals surface area contributed by atoms with E-state index in [9.17, 15) is 14.7 Å². The number of likely N-dealkylation sites (tertiary alicyclic amines) is 1. The van der Waals surface area contributed by atoms with Crippen LogP contribution in [0.3, 0.4) is 0 Å². The highest BCUT2D eigenvalue weighted by atomic mass is 32.1. The van der Waals surface area contributed by atoms with Crippen LogP contribution in [0.25, 0.3) is 11.3 Å². The second kappa shape index (κ2) is 5.95. The summed E-state index contributed by atoms with van der Waals surface area (Å²) in [5, 5.41) is 12.2. The topological polar surface area (TPSA) is 70.5 Å². The number of benzene rings is 1. The van der Waals surface area contributed by atoms with Crippen molar-refractivity contribution in [1.29, 1.82) is 0 Å². The van der Waals surface area contributed by atoms with Crippen LogP contribution in [0.2, 0.25) is 0 Å². The molecule has 0 radical (unpaired) electrons. The molecule has 1 aliphatic carbocycles. The molecule has 1 aliphatic heterocycles. The standard InChI is InChI=1S/C19H20N2O3S/c1-12-20-16(11-25-12)13-3-2-4-14(9-13)17(22)21-7-5-19(6-8-21)10-15(19)18(23)24/h2-4,9,11,15H,5-8,10H2,1H3,(H,23,24). The van der Waals surface area contributed by atoms with Gasteiger partial charge in [0.15, 0.2) is 0 Å². The molecule has 1 amide bonds. The summed E-state index contributed by atoms with van der Waals surface area (Å²) in [6, 6.07) is 7.60. The Balaban J connectivity index is 1.46. The minimum atomic E-state index is -0.689. The number of rotatable bonds is 3. The van der Waals surface area contributed by atoms with Crippen LogP contribution in [0.15, 0.2) is 29.6 Å². The molecule has 1 aromatic heterocycles. The Morgan fingerprint density at radius 3 is 2.68 bits per heavy atom. The second-order valence-corrected chi connectivity index (χ2v) is 8.14. The van der Waals surface area contributed by atoms with Gasteiger partial charge < -0.3 is 10.0 Å². The van der Waals surface area contributed by atoms with Gasteiger partial charge in [-0.15, -0.1) is 11.3 Å². The molecule has 1 unspecified atom stereocenters. The number of carboxylic acids is 1. The van der Waals surface area contributed by atoms with Crippen LogP contribution >= 0.6 is 11.3 Å². The fourth-order valence-corrected chi connectivity index (χ4v) is 4.52. The van der Waals surface area contributed by atoms with E-state index in [1.807, 2.05) is 41.5 Å². The Kier molecular flexibility index (Phi) is 3.87. The number of nitrogens with zero attached hydrogens (tertiary/aromatic N) is 2. The number of carbonyl (C=O) groups excluding carboxylic acids is 1. The number of amides is 1. The van der Waals surface area contributed by atoms with Crippen molar-refractivity contribution >= 4 is 23.2 Å². The zero-order chi connectivity index (χ0) is 17.6. The van der Waals surface area contributed by atoms with E-state index < -0.39 is 5.97 Å². The summed E-state index contributed by atoms with van der Waals surface area (Å²) in [6.45, 7) is 3.25. The maximum atomic E-state index is 12.8. The lowest BCUT2D eigenvalue weighted by Gasteiger charge is -2.32. The van der Waals surface area contributed by atoms with Crippen LogP contribution in [-0.4, -0.2) is 40.0 Å². The average molecular weight is 356 g/mol. The quantitative estimate of drug-likeness (QED) is 0.914. The Hall–Kier alpha value is -2.21. The lowest BCUT2D eigenvalue weighted by atomic mass is 9.90. The predicted molar refractivity (Wildman–Crippen MR) is 95.6 cm³/mol. The molecule has 1 saturated carbocycles. The normalized spacial score (nSPS) is 21.3. The summed E-state index contributed by atoms with van der Waals surface area (Å²) in [6.07, 6.45) is 2.35. The monoisotopic (exact) mass is 356 g/mol. The smallest absolute Gasteiger partial charge is 0.307 e. The summed E-state index contributed by atoms with van der Waals surface area (Å²) >= 11 is 1.60. The molecular weight excluding hydrogens is 336 g/mol. The molecule has 130 valence electrons. The number of carboxylic acid groups (broad SMARTS) is 1. The van der Waals surface area contributed by atoms with Crippen LogP contribution in [-0.2, 0) is 4.79 Å². The van der Waals surface area contributed by atoms with Gasteiger partial charge in [-0.3, -0.25) is 9.59 Å². The summed E-state index contributed by atoms with van der Waals surface area (Å²) in [5.41, 5.74) is 2.47. The molecule has 25 heavy (non-hydrogen) atoms. The SMILES string of the molecule is Cc1nc(-c2cccc(C(=O)N3CCC4(CC3)CC4C(=O)O)c2)cs1. The van der Waals surface area contributed by atoms with Crippen molar-refractivity contribution in [3.8, 4) is 11.3 Å². The third-order valence-electron chi connectivity index (χ3n) is 5.56. The molecule has 2 aliphatic rings. The van der Waals surface area contributed by atoms with Gasteiger partial charge in [0.25, 0.3) is 5.91 Å². The molecule has 6 heteroatoms. The average Bonchev–Trinajstić information content (AvgIpc) is 3.14. The van der Waals surface area contributed by atoms with Crippen molar-refractivity contribution in [1.82, 2.24) is 9.88 Å². The van der Waals surface area contributed by atoms with Gasteiger partial charge in [-0.05, 0) is 43.7 Å². The van der Waals surface area contributed by atoms with E-state index in [0.717, 1.165) is 35.5 Å². The van der Waals surface area contributed by atoms with Crippen LogP contribution in [0.4, 0.5) is 0 Å². The van der Waals surface area contributed by atoms with Crippen LogP contribution < -0.4 is 0 Å². The van der Waals surface area contributed by atoms with E-state index in [1.54, 1.807) is 11.3 Å². The number of aryl methyl sites for hydroxylation is 1. The maximum Gasteiger partial charge on any atom is 0.307 e. The van der Waals surface area contributed by atoms with Gasteiger partial charge in [0.2, 0.25) is 0 Å². The van der Waals surface area contributed by atoms with Gasteiger partial charge in [0, 0.05) is 29.6 Å². The number of thiazole rings is 1. The summed E-state index contributed by atoms with van der Waals surface area (Å²) < 4.78 is 0. The van der Waals surface area contributed by atoms with Gasteiger partial charge >= 0.3 is 5.97 Å². The first-order valence-corrected chi connectivity index (χ1v) is 9.41. The Morgan fingerprint density at radius 1 is 1.32 bits per heavy atom. The third kappa shape index (κ3) is 2.95. The number of piperidine rings is 1. The molecule has 2 heterocycles. The van der Waals surface area contributed by atoms with Gasteiger partial charge in [-0.2, -0.15) is 0 Å². The highest BCUT2D eigenvalue weighted by Crippen LogP contribution is 2.59. The zero-order valence-electron chi connectivity index (χ0n) is 14.1. The van der Waals surface area contributed by atoms with Gasteiger partial charge in [0.1, 0.15) is 0 Å². The van der Waals surface area contributed by atoms with E-state index in [2.05, 4.69) is 4.98 Å².